The Kier molecular flexibility index (Phi) is 7.72. The molecule has 1 aromatic carbocycles. The summed E-state index contributed by atoms with van der Waals surface area (Å²) in [6, 6.07) is 9.93. The number of amides is 3. The minimum absolute atomic E-state index is 0.0167. The highest BCUT2D eigenvalue weighted by Gasteiger charge is 2.28. The molecule has 2 N–H and O–H groups in total. The van der Waals surface area contributed by atoms with Gasteiger partial charge in [-0.25, -0.2) is 0 Å². The predicted molar refractivity (Wildman–Crippen MR) is 130 cm³/mol. The van der Waals surface area contributed by atoms with Crippen molar-refractivity contribution in [1.29, 1.82) is 0 Å². The van der Waals surface area contributed by atoms with E-state index in [2.05, 4.69) is 10.6 Å². The number of thiophene rings is 1. The molecule has 7 heteroatoms. The maximum absolute atomic E-state index is 13.4. The topological polar surface area (TPSA) is 78.5 Å². The molecule has 1 aliphatic rings. The van der Waals surface area contributed by atoms with Crippen molar-refractivity contribution in [2.45, 2.75) is 53.4 Å². The van der Waals surface area contributed by atoms with Gasteiger partial charge in [-0.05, 0) is 37.3 Å². The number of piperidine rings is 1. The van der Waals surface area contributed by atoms with E-state index in [-0.39, 0.29) is 30.7 Å². The number of benzene rings is 1. The lowest BCUT2D eigenvalue weighted by molar-refractivity contribution is -0.128. The standard InChI is InChI=1S/C25H33N3O3S/c1-17-20(23(30)28-15-9-6-10-16-28)22(32-21(17)18-11-7-5-8-12-18)27-19(29)13-14-26-24(31)25(2,3)4/h5,7-8,11-12H,6,9-10,13-16H2,1-4H3,(H,26,31)(H,27,29). The highest BCUT2D eigenvalue weighted by molar-refractivity contribution is 7.20. The molecule has 172 valence electrons. The number of rotatable bonds is 6. The second-order valence-corrected chi connectivity index (χ2v) is 10.3. The first-order chi connectivity index (χ1) is 15.2. The smallest absolute Gasteiger partial charge is 0.257 e. The van der Waals surface area contributed by atoms with Crippen molar-refractivity contribution in [1.82, 2.24) is 10.2 Å². The molecule has 0 atom stereocenters. The zero-order chi connectivity index (χ0) is 23.3. The van der Waals surface area contributed by atoms with Crippen LogP contribution in [0.3, 0.4) is 0 Å². The quantitative estimate of drug-likeness (QED) is 0.654. The van der Waals surface area contributed by atoms with Gasteiger partial charge in [0.1, 0.15) is 5.00 Å². The third-order valence-electron chi connectivity index (χ3n) is 5.61. The molecule has 1 saturated heterocycles. The van der Waals surface area contributed by atoms with Crippen LogP contribution in [-0.4, -0.2) is 42.3 Å². The van der Waals surface area contributed by atoms with Gasteiger partial charge in [0.25, 0.3) is 5.91 Å². The van der Waals surface area contributed by atoms with Gasteiger partial charge in [0.2, 0.25) is 11.8 Å². The molecule has 2 aromatic rings. The molecule has 32 heavy (non-hydrogen) atoms. The third kappa shape index (κ3) is 5.76. The number of hydrogen-bond donors (Lipinski definition) is 2. The van der Waals surface area contributed by atoms with E-state index in [0.29, 0.717) is 10.6 Å². The summed E-state index contributed by atoms with van der Waals surface area (Å²) in [6.45, 7) is 9.21. The molecule has 1 fully saturated rings. The fourth-order valence-electron chi connectivity index (χ4n) is 3.72. The molecule has 3 rings (SSSR count). The Hall–Kier alpha value is -2.67. The van der Waals surface area contributed by atoms with Crippen LogP contribution in [0.15, 0.2) is 30.3 Å². The minimum Gasteiger partial charge on any atom is -0.355 e. The van der Waals surface area contributed by atoms with E-state index in [4.69, 9.17) is 0 Å². The van der Waals surface area contributed by atoms with Gasteiger partial charge in [-0.15, -0.1) is 11.3 Å². The van der Waals surface area contributed by atoms with Crippen LogP contribution in [0.1, 0.15) is 62.4 Å². The number of anilines is 1. The monoisotopic (exact) mass is 455 g/mol. The van der Waals surface area contributed by atoms with Gasteiger partial charge >= 0.3 is 0 Å². The van der Waals surface area contributed by atoms with Crippen LogP contribution in [-0.2, 0) is 9.59 Å². The van der Waals surface area contributed by atoms with Crippen molar-refractivity contribution >= 4 is 34.1 Å². The van der Waals surface area contributed by atoms with Crippen molar-refractivity contribution < 1.29 is 14.4 Å². The Labute approximate surface area is 194 Å². The first-order valence-corrected chi connectivity index (χ1v) is 12.1. The van der Waals surface area contributed by atoms with Crippen LogP contribution in [0.25, 0.3) is 10.4 Å². The molecule has 0 unspecified atom stereocenters. The summed E-state index contributed by atoms with van der Waals surface area (Å²) >= 11 is 1.44. The van der Waals surface area contributed by atoms with Gasteiger partial charge in [-0.3, -0.25) is 14.4 Å². The summed E-state index contributed by atoms with van der Waals surface area (Å²) in [5, 5.41) is 6.34. The third-order valence-corrected chi connectivity index (χ3v) is 6.87. The number of carbonyl (C=O) groups is 3. The second-order valence-electron chi connectivity index (χ2n) is 9.28. The highest BCUT2D eigenvalue weighted by atomic mass is 32.1. The molecular weight excluding hydrogens is 422 g/mol. The highest BCUT2D eigenvalue weighted by Crippen LogP contribution is 2.40. The van der Waals surface area contributed by atoms with Gasteiger partial charge in [-0.1, -0.05) is 51.1 Å². The summed E-state index contributed by atoms with van der Waals surface area (Å²) in [5.74, 6) is -0.325. The van der Waals surface area contributed by atoms with Crippen molar-refractivity contribution in [2.75, 3.05) is 25.0 Å². The first-order valence-electron chi connectivity index (χ1n) is 11.2. The van der Waals surface area contributed by atoms with E-state index in [0.717, 1.165) is 48.4 Å². The van der Waals surface area contributed by atoms with Crippen LogP contribution >= 0.6 is 11.3 Å². The summed E-state index contributed by atoms with van der Waals surface area (Å²) in [6.07, 6.45) is 3.31. The Balaban J connectivity index is 1.81. The Morgan fingerprint density at radius 2 is 1.69 bits per heavy atom. The first kappa shape index (κ1) is 24.0. The van der Waals surface area contributed by atoms with E-state index < -0.39 is 5.41 Å². The van der Waals surface area contributed by atoms with Crippen molar-refractivity contribution in [3.63, 3.8) is 0 Å². The Morgan fingerprint density at radius 3 is 2.31 bits per heavy atom. The number of nitrogens with one attached hydrogen (secondary N) is 2. The maximum atomic E-state index is 13.4. The summed E-state index contributed by atoms with van der Waals surface area (Å²) in [7, 11) is 0. The van der Waals surface area contributed by atoms with Gasteiger partial charge in [-0.2, -0.15) is 0 Å². The van der Waals surface area contributed by atoms with Gasteiger partial charge < -0.3 is 15.5 Å². The fraction of sp³-hybridized carbons (Fsp3) is 0.480. The molecule has 0 aliphatic carbocycles. The molecule has 0 saturated carbocycles. The second kappa shape index (κ2) is 10.3. The minimum atomic E-state index is -0.500. The Morgan fingerprint density at radius 1 is 1.03 bits per heavy atom. The molecule has 0 radical (unpaired) electrons. The van der Waals surface area contributed by atoms with E-state index in [1.807, 2.05) is 62.9 Å². The zero-order valence-electron chi connectivity index (χ0n) is 19.4. The largest absolute Gasteiger partial charge is 0.355 e. The number of likely N-dealkylation sites (tertiary alicyclic amines) is 1. The van der Waals surface area contributed by atoms with Gasteiger partial charge in [0.05, 0.1) is 5.56 Å². The van der Waals surface area contributed by atoms with Crippen molar-refractivity contribution in [2.24, 2.45) is 5.41 Å². The van der Waals surface area contributed by atoms with E-state index in [1.54, 1.807) is 0 Å². The van der Waals surface area contributed by atoms with Crippen molar-refractivity contribution in [3.8, 4) is 10.4 Å². The van der Waals surface area contributed by atoms with Crippen LogP contribution in [0.2, 0.25) is 0 Å². The van der Waals surface area contributed by atoms with E-state index in [1.165, 1.54) is 11.3 Å². The Bertz CT molecular complexity index is 970. The molecule has 3 amide bonds. The van der Waals surface area contributed by atoms with Crippen LogP contribution in [0.5, 0.6) is 0 Å². The van der Waals surface area contributed by atoms with E-state index in [9.17, 15) is 14.4 Å². The lowest BCUT2D eigenvalue weighted by atomic mass is 9.96. The van der Waals surface area contributed by atoms with Crippen LogP contribution in [0.4, 0.5) is 5.00 Å². The molecule has 0 bridgehead atoms. The lowest BCUT2D eigenvalue weighted by Gasteiger charge is -2.27. The fourth-order valence-corrected chi connectivity index (χ4v) is 4.94. The molecule has 6 nitrogen and oxygen atoms in total. The maximum Gasteiger partial charge on any atom is 0.257 e. The summed E-state index contributed by atoms with van der Waals surface area (Å²) in [5.41, 5.74) is 2.01. The zero-order valence-corrected chi connectivity index (χ0v) is 20.2. The summed E-state index contributed by atoms with van der Waals surface area (Å²) < 4.78 is 0. The van der Waals surface area contributed by atoms with Gasteiger partial charge in [0.15, 0.2) is 0 Å². The molecule has 0 spiro atoms. The van der Waals surface area contributed by atoms with Gasteiger partial charge in [0, 0.05) is 36.3 Å². The average molecular weight is 456 g/mol. The number of nitrogens with zero attached hydrogens (tertiary/aromatic N) is 1. The molecular formula is C25H33N3O3S. The normalized spacial score (nSPS) is 14.2. The average Bonchev–Trinajstić information content (AvgIpc) is 3.09. The van der Waals surface area contributed by atoms with E-state index >= 15 is 0 Å². The number of hydrogen-bond acceptors (Lipinski definition) is 4. The van der Waals surface area contributed by atoms with Crippen LogP contribution in [0, 0.1) is 12.3 Å². The summed E-state index contributed by atoms with van der Waals surface area (Å²) in [4.78, 5) is 41.0. The molecule has 1 aliphatic heterocycles. The molecule has 1 aromatic heterocycles. The van der Waals surface area contributed by atoms with Crippen molar-refractivity contribution in [3.05, 3.63) is 41.5 Å². The molecule has 2 heterocycles. The lowest BCUT2D eigenvalue weighted by Crippen LogP contribution is -2.37. The SMILES string of the molecule is Cc1c(-c2ccccc2)sc(NC(=O)CCNC(=O)C(C)(C)C)c1C(=O)N1CCCCC1. The number of carbonyl (C=O) groups excluding carboxylic acids is 3. The van der Waals surface area contributed by atoms with Crippen LogP contribution < -0.4 is 10.6 Å². The predicted octanol–water partition coefficient (Wildman–Crippen LogP) is 4.84.